The van der Waals surface area contributed by atoms with E-state index in [1.54, 1.807) is 4.90 Å². The first-order valence-corrected chi connectivity index (χ1v) is 11.6. The lowest BCUT2D eigenvalue weighted by Gasteiger charge is -2.44. The van der Waals surface area contributed by atoms with Gasteiger partial charge in [-0.3, -0.25) is 4.79 Å². The topological polar surface area (TPSA) is 67.9 Å². The first-order valence-electron chi connectivity index (χ1n) is 11.6. The van der Waals surface area contributed by atoms with Gasteiger partial charge in [0.15, 0.2) is 0 Å². The van der Waals surface area contributed by atoms with Gasteiger partial charge in [-0.25, -0.2) is 4.79 Å². The van der Waals surface area contributed by atoms with E-state index in [1.165, 1.54) is 5.56 Å². The lowest BCUT2D eigenvalue weighted by atomic mass is 9.82. The summed E-state index contributed by atoms with van der Waals surface area (Å²) < 4.78 is 11.8. The molecule has 2 aliphatic heterocycles. The summed E-state index contributed by atoms with van der Waals surface area (Å²) in [6.45, 7) is 6.92. The Labute approximate surface area is 189 Å². The Morgan fingerprint density at radius 3 is 2.41 bits per heavy atom. The summed E-state index contributed by atoms with van der Waals surface area (Å²) in [4.78, 5) is 25.5. The number of likely N-dealkylation sites (tertiary alicyclic amines) is 1. The zero-order valence-electron chi connectivity index (χ0n) is 19.1. The summed E-state index contributed by atoms with van der Waals surface area (Å²) in [6, 6.07) is 14.3. The molecule has 2 aromatic rings. The highest BCUT2D eigenvalue weighted by molar-refractivity contribution is 5.90. The Hall–Kier alpha value is -3.02. The fraction of sp³-hybridized carbons (Fsp3) is 0.462. The molecule has 0 unspecified atom stereocenters. The number of hydrogen-bond acceptors (Lipinski definition) is 4. The van der Waals surface area contributed by atoms with E-state index in [4.69, 9.17) is 9.47 Å². The van der Waals surface area contributed by atoms with Crippen molar-refractivity contribution >= 4 is 17.7 Å². The number of fused-ring (bicyclic) bond motifs is 1. The average molecular weight is 437 g/mol. The molecule has 1 spiro atoms. The van der Waals surface area contributed by atoms with Gasteiger partial charge in [-0.1, -0.05) is 25.1 Å². The smallest absolute Gasteiger partial charge is 0.410 e. The van der Waals surface area contributed by atoms with Crippen molar-refractivity contribution in [1.29, 1.82) is 0 Å². The van der Waals surface area contributed by atoms with Crippen LogP contribution in [0.5, 0.6) is 5.75 Å². The van der Waals surface area contributed by atoms with Crippen LogP contribution >= 0.6 is 0 Å². The molecule has 170 valence electrons. The summed E-state index contributed by atoms with van der Waals surface area (Å²) in [5.74, 6) is 0.963. The van der Waals surface area contributed by atoms with E-state index in [1.807, 2.05) is 45.0 Å². The Kier molecular flexibility index (Phi) is 6.40. The largest absolute Gasteiger partial charge is 0.487 e. The van der Waals surface area contributed by atoms with E-state index < -0.39 is 0 Å². The first kappa shape index (κ1) is 22.2. The summed E-state index contributed by atoms with van der Waals surface area (Å²) in [6.07, 6.45) is 3.71. The van der Waals surface area contributed by atoms with Gasteiger partial charge in [-0.05, 0) is 67.6 Å². The van der Waals surface area contributed by atoms with E-state index in [2.05, 4.69) is 23.5 Å². The number of piperidine rings is 1. The molecule has 2 heterocycles. The van der Waals surface area contributed by atoms with Gasteiger partial charge < -0.3 is 19.7 Å². The van der Waals surface area contributed by atoms with Gasteiger partial charge in [0.1, 0.15) is 11.4 Å². The van der Waals surface area contributed by atoms with Gasteiger partial charge in [0.2, 0.25) is 5.91 Å². The number of amides is 2. The molecule has 0 atom stereocenters. The van der Waals surface area contributed by atoms with Gasteiger partial charge in [-0.2, -0.15) is 0 Å². The lowest BCUT2D eigenvalue weighted by Crippen LogP contribution is -2.51. The summed E-state index contributed by atoms with van der Waals surface area (Å²) in [5, 5.41) is 2.88. The van der Waals surface area contributed by atoms with Crippen molar-refractivity contribution in [2.75, 3.05) is 18.4 Å². The molecule has 1 saturated heterocycles. The van der Waals surface area contributed by atoms with Crippen LogP contribution in [0.3, 0.4) is 0 Å². The number of nitrogens with zero attached hydrogens (tertiary/aromatic N) is 1. The molecule has 0 aromatic heterocycles. The maximum atomic E-state index is 12.2. The van der Waals surface area contributed by atoms with Crippen molar-refractivity contribution in [2.45, 2.75) is 64.6 Å². The molecule has 6 nitrogen and oxygen atoms in total. The number of hydrogen-bond donors (Lipinski definition) is 1. The molecule has 2 aliphatic rings. The van der Waals surface area contributed by atoms with Crippen molar-refractivity contribution < 1.29 is 19.1 Å². The SMILES string of the molecule is CCC(=O)Nc1ccc(-c2ccc3c(c2)CCC2(CCN(C(=O)OC(C)C)CC2)O3)cc1. The lowest BCUT2D eigenvalue weighted by molar-refractivity contribution is -0.115. The van der Waals surface area contributed by atoms with Crippen LogP contribution in [-0.2, 0) is 16.0 Å². The molecule has 2 amide bonds. The van der Waals surface area contributed by atoms with Crippen LogP contribution < -0.4 is 10.1 Å². The molecule has 1 fully saturated rings. The molecule has 0 bridgehead atoms. The number of carbonyl (C=O) groups is 2. The van der Waals surface area contributed by atoms with Crippen molar-refractivity contribution in [2.24, 2.45) is 0 Å². The fourth-order valence-electron chi connectivity index (χ4n) is 4.42. The van der Waals surface area contributed by atoms with Crippen molar-refractivity contribution in [3.63, 3.8) is 0 Å². The molecular formula is C26H32N2O4. The number of carbonyl (C=O) groups excluding carboxylic acids is 2. The second-order valence-electron chi connectivity index (χ2n) is 9.01. The van der Waals surface area contributed by atoms with Crippen molar-refractivity contribution in [1.82, 2.24) is 4.90 Å². The molecule has 0 radical (unpaired) electrons. The fourth-order valence-corrected chi connectivity index (χ4v) is 4.42. The molecular weight excluding hydrogens is 404 g/mol. The molecule has 0 aliphatic carbocycles. The van der Waals surface area contributed by atoms with Crippen LogP contribution in [-0.4, -0.2) is 41.7 Å². The minimum Gasteiger partial charge on any atom is -0.487 e. The normalized spacial score (nSPS) is 16.9. The third-order valence-electron chi connectivity index (χ3n) is 6.33. The van der Waals surface area contributed by atoms with Crippen LogP contribution in [0.15, 0.2) is 42.5 Å². The van der Waals surface area contributed by atoms with E-state index in [-0.39, 0.29) is 23.7 Å². The highest BCUT2D eigenvalue weighted by atomic mass is 16.6. The van der Waals surface area contributed by atoms with Crippen LogP contribution in [0.2, 0.25) is 0 Å². The van der Waals surface area contributed by atoms with Gasteiger partial charge in [0.25, 0.3) is 0 Å². The highest BCUT2D eigenvalue weighted by Gasteiger charge is 2.40. The number of nitrogens with one attached hydrogen (secondary N) is 1. The monoisotopic (exact) mass is 436 g/mol. The maximum absolute atomic E-state index is 12.2. The maximum Gasteiger partial charge on any atom is 0.410 e. The predicted molar refractivity (Wildman–Crippen MR) is 125 cm³/mol. The molecule has 32 heavy (non-hydrogen) atoms. The summed E-state index contributed by atoms with van der Waals surface area (Å²) in [7, 11) is 0. The molecule has 6 heteroatoms. The Bertz CT molecular complexity index is 976. The average Bonchev–Trinajstić information content (AvgIpc) is 2.79. The summed E-state index contributed by atoms with van der Waals surface area (Å²) >= 11 is 0. The molecule has 0 saturated carbocycles. The number of aryl methyl sites for hydroxylation is 1. The first-order chi connectivity index (χ1) is 15.4. The number of rotatable bonds is 4. The van der Waals surface area contributed by atoms with Gasteiger partial charge >= 0.3 is 6.09 Å². The van der Waals surface area contributed by atoms with Crippen molar-refractivity contribution in [3.05, 3.63) is 48.0 Å². The van der Waals surface area contributed by atoms with E-state index in [0.717, 1.165) is 48.2 Å². The number of anilines is 1. The standard InChI is InChI=1S/C26H32N2O4/c1-4-24(29)27-22-8-5-19(6-9-22)20-7-10-23-21(17-20)11-12-26(32-23)13-15-28(16-14-26)25(30)31-18(2)3/h5-10,17-18H,4,11-16H2,1-3H3,(H,27,29). The van der Waals surface area contributed by atoms with Crippen LogP contribution in [0.25, 0.3) is 11.1 Å². The summed E-state index contributed by atoms with van der Waals surface area (Å²) in [5.41, 5.74) is 4.09. The third-order valence-corrected chi connectivity index (χ3v) is 6.33. The van der Waals surface area contributed by atoms with Crippen LogP contribution in [0.1, 0.15) is 52.0 Å². The minimum absolute atomic E-state index is 0.0141. The zero-order chi connectivity index (χ0) is 22.7. The third kappa shape index (κ3) is 4.90. The Balaban J connectivity index is 1.41. The quantitative estimate of drug-likeness (QED) is 0.696. The Morgan fingerprint density at radius 2 is 1.75 bits per heavy atom. The second kappa shape index (κ2) is 9.23. The van der Waals surface area contributed by atoms with Gasteiger partial charge in [0, 0.05) is 38.0 Å². The number of benzene rings is 2. The minimum atomic E-state index is -0.226. The van der Waals surface area contributed by atoms with E-state index >= 15 is 0 Å². The zero-order valence-corrected chi connectivity index (χ0v) is 19.1. The predicted octanol–water partition coefficient (Wildman–Crippen LogP) is 5.41. The molecule has 2 aromatic carbocycles. The van der Waals surface area contributed by atoms with E-state index in [9.17, 15) is 9.59 Å². The second-order valence-corrected chi connectivity index (χ2v) is 9.01. The molecule has 1 N–H and O–H groups in total. The molecule has 4 rings (SSSR count). The Morgan fingerprint density at radius 1 is 1.06 bits per heavy atom. The van der Waals surface area contributed by atoms with Crippen LogP contribution in [0.4, 0.5) is 10.5 Å². The van der Waals surface area contributed by atoms with Crippen LogP contribution in [0, 0.1) is 0 Å². The van der Waals surface area contributed by atoms with Gasteiger partial charge in [0.05, 0.1) is 6.10 Å². The van der Waals surface area contributed by atoms with Gasteiger partial charge in [-0.15, -0.1) is 0 Å². The van der Waals surface area contributed by atoms with E-state index in [0.29, 0.717) is 19.5 Å². The highest BCUT2D eigenvalue weighted by Crippen LogP contribution is 2.41. The van der Waals surface area contributed by atoms with Crippen molar-refractivity contribution in [3.8, 4) is 16.9 Å². The number of ether oxygens (including phenoxy) is 2.